The van der Waals surface area contributed by atoms with Crippen molar-refractivity contribution >= 4 is 17.6 Å². The highest BCUT2D eigenvalue weighted by molar-refractivity contribution is 6.20. The lowest BCUT2D eigenvalue weighted by Gasteiger charge is -2.06. The van der Waals surface area contributed by atoms with E-state index in [2.05, 4.69) is 4.98 Å². The average molecular weight is 214 g/mol. The number of hydrogen-bond acceptors (Lipinski definition) is 2. The molecular formula is C10H12ClNO2. The molecule has 1 atom stereocenters. The predicted octanol–water partition coefficient (Wildman–Crippen LogP) is 2.62. The first-order chi connectivity index (χ1) is 6.70. The summed E-state index contributed by atoms with van der Waals surface area (Å²) < 4.78 is 0. The van der Waals surface area contributed by atoms with E-state index < -0.39 is 5.97 Å². The van der Waals surface area contributed by atoms with Crippen LogP contribution in [0.25, 0.3) is 0 Å². The largest absolute Gasteiger partial charge is 0.481 e. The Labute approximate surface area is 87.7 Å². The van der Waals surface area contributed by atoms with Crippen molar-refractivity contribution in [1.82, 2.24) is 4.98 Å². The number of hydrogen-bond donors (Lipinski definition) is 1. The molecule has 0 aliphatic rings. The van der Waals surface area contributed by atoms with Gasteiger partial charge in [-0.2, -0.15) is 0 Å². The number of halogens is 1. The zero-order valence-electron chi connectivity index (χ0n) is 7.69. The maximum Gasteiger partial charge on any atom is 0.303 e. The second-order valence-electron chi connectivity index (χ2n) is 3.01. The molecule has 0 fully saturated rings. The van der Waals surface area contributed by atoms with Gasteiger partial charge in [0.1, 0.15) is 0 Å². The van der Waals surface area contributed by atoms with Gasteiger partial charge in [-0.05, 0) is 25.0 Å². The monoisotopic (exact) mass is 213 g/mol. The van der Waals surface area contributed by atoms with Crippen LogP contribution in [0.15, 0.2) is 24.4 Å². The van der Waals surface area contributed by atoms with Gasteiger partial charge in [-0.3, -0.25) is 9.78 Å². The zero-order chi connectivity index (χ0) is 10.4. The zero-order valence-corrected chi connectivity index (χ0v) is 8.44. The van der Waals surface area contributed by atoms with Crippen LogP contribution in [0.3, 0.4) is 0 Å². The molecule has 0 spiro atoms. The van der Waals surface area contributed by atoms with Crippen molar-refractivity contribution in [2.24, 2.45) is 0 Å². The minimum atomic E-state index is -0.783. The normalized spacial score (nSPS) is 12.4. The maximum atomic E-state index is 10.3. The molecule has 1 heterocycles. The van der Waals surface area contributed by atoms with Crippen molar-refractivity contribution in [2.75, 3.05) is 0 Å². The summed E-state index contributed by atoms with van der Waals surface area (Å²) >= 11 is 6.03. The molecule has 0 aliphatic heterocycles. The average Bonchev–Trinajstić information content (AvgIpc) is 2.18. The SMILES string of the molecule is O=C(O)CCCC(Cl)c1ccccn1. The Morgan fingerprint density at radius 2 is 2.36 bits per heavy atom. The van der Waals surface area contributed by atoms with Crippen molar-refractivity contribution in [2.45, 2.75) is 24.6 Å². The van der Waals surface area contributed by atoms with Gasteiger partial charge in [0, 0.05) is 12.6 Å². The van der Waals surface area contributed by atoms with Gasteiger partial charge < -0.3 is 5.11 Å². The highest BCUT2D eigenvalue weighted by Gasteiger charge is 2.09. The van der Waals surface area contributed by atoms with E-state index in [0.29, 0.717) is 12.8 Å². The number of pyridine rings is 1. The third kappa shape index (κ3) is 3.75. The molecule has 14 heavy (non-hydrogen) atoms. The van der Waals surface area contributed by atoms with Gasteiger partial charge in [-0.25, -0.2) is 0 Å². The highest BCUT2D eigenvalue weighted by atomic mass is 35.5. The fourth-order valence-electron chi connectivity index (χ4n) is 1.14. The lowest BCUT2D eigenvalue weighted by atomic mass is 10.1. The molecule has 0 saturated heterocycles. The van der Waals surface area contributed by atoms with Crippen molar-refractivity contribution in [3.8, 4) is 0 Å². The lowest BCUT2D eigenvalue weighted by molar-refractivity contribution is -0.137. The van der Waals surface area contributed by atoms with E-state index in [1.54, 1.807) is 6.20 Å². The van der Waals surface area contributed by atoms with Crippen LogP contribution in [0.2, 0.25) is 0 Å². The Balaban J connectivity index is 2.36. The maximum absolute atomic E-state index is 10.3. The van der Waals surface area contributed by atoms with E-state index >= 15 is 0 Å². The van der Waals surface area contributed by atoms with Crippen LogP contribution in [0.5, 0.6) is 0 Å². The van der Waals surface area contributed by atoms with Crippen molar-refractivity contribution < 1.29 is 9.90 Å². The Kier molecular flexibility index (Phi) is 4.40. The van der Waals surface area contributed by atoms with Gasteiger partial charge in [0.15, 0.2) is 0 Å². The van der Waals surface area contributed by atoms with E-state index in [1.807, 2.05) is 18.2 Å². The molecule has 0 aromatic carbocycles. The van der Waals surface area contributed by atoms with Gasteiger partial charge in [-0.1, -0.05) is 6.07 Å². The summed E-state index contributed by atoms with van der Waals surface area (Å²) in [6.45, 7) is 0. The number of rotatable bonds is 5. The number of nitrogens with zero attached hydrogens (tertiary/aromatic N) is 1. The molecule has 1 aromatic heterocycles. The summed E-state index contributed by atoms with van der Waals surface area (Å²) in [5, 5.41) is 8.25. The molecule has 0 radical (unpaired) electrons. The van der Waals surface area contributed by atoms with Crippen LogP contribution in [0.4, 0.5) is 0 Å². The Bertz CT molecular complexity index is 289. The van der Waals surface area contributed by atoms with E-state index in [4.69, 9.17) is 16.7 Å². The molecule has 1 rings (SSSR count). The van der Waals surface area contributed by atoms with Gasteiger partial charge in [0.05, 0.1) is 11.1 Å². The molecule has 0 bridgehead atoms. The quantitative estimate of drug-likeness (QED) is 0.765. The number of carboxylic acid groups (broad SMARTS) is 1. The van der Waals surface area contributed by atoms with Crippen LogP contribution in [-0.4, -0.2) is 16.1 Å². The molecule has 1 unspecified atom stereocenters. The molecule has 0 aliphatic carbocycles. The summed E-state index contributed by atoms with van der Waals surface area (Å²) in [5.74, 6) is -0.783. The summed E-state index contributed by atoms with van der Waals surface area (Å²) in [7, 11) is 0. The Morgan fingerprint density at radius 1 is 1.57 bits per heavy atom. The van der Waals surface area contributed by atoms with Crippen LogP contribution in [-0.2, 0) is 4.79 Å². The van der Waals surface area contributed by atoms with Crippen molar-refractivity contribution in [1.29, 1.82) is 0 Å². The second kappa shape index (κ2) is 5.60. The van der Waals surface area contributed by atoms with Crippen molar-refractivity contribution in [3.63, 3.8) is 0 Å². The molecule has 4 heteroatoms. The van der Waals surface area contributed by atoms with Crippen LogP contribution in [0, 0.1) is 0 Å². The topological polar surface area (TPSA) is 50.2 Å². The molecule has 0 amide bonds. The molecule has 1 aromatic rings. The van der Waals surface area contributed by atoms with Crippen LogP contribution in [0.1, 0.15) is 30.3 Å². The van der Waals surface area contributed by atoms with Gasteiger partial charge in [0.25, 0.3) is 0 Å². The van der Waals surface area contributed by atoms with E-state index in [-0.39, 0.29) is 11.8 Å². The number of alkyl halides is 1. The van der Waals surface area contributed by atoms with E-state index in [1.165, 1.54) is 0 Å². The number of carboxylic acids is 1. The number of aromatic nitrogens is 1. The first-order valence-electron chi connectivity index (χ1n) is 4.47. The molecular weight excluding hydrogens is 202 g/mol. The third-order valence-electron chi connectivity index (χ3n) is 1.86. The molecule has 3 nitrogen and oxygen atoms in total. The Morgan fingerprint density at radius 3 is 2.93 bits per heavy atom. The van der Waals surface area contributed by atoms with Crippen LogP contribution < -0.4 is 0 Å². The molecule has 0 saturated carbocycles. The van der Waals surface area contributed by atoms with E-state index in [0.717, 1.165) is 5.69 Å². The first-order valence-corrected chi connectivity index (χ1v) is 4.90. The lowest BCUT2D eigenvalue weighted by Crippen LogP contribution is -1.98. The van der Waals surface area contributed by atoms with E-state index in [9.17, 15) is 4.79 Å². The summed E-state index contributed by atoms with van der Waals surface area (Å²) in [5.41, 5.74) is 0.805. The Hall–Kier alpha value is -1.09. The van der Waals surface area contributed by atoms with Crippen molar-refractivity contribution in [3.05, 3.63) is 30.1 Å². The van der Waals surface area contributed by atoms with Gasteiger partial charge >= 0.3 is 5.97 Å². The third-order valence-corrected chi connectivity index (χ3v) is 2.30. The number of carbonyl (C=O) groups is 1. The molecule has 1 N–H and O–H groups in total. The second-order valence-corrected chi connectivity index (χ2v) is 3.53. The summed E-state index contributed by atoms with van der Waals surface area (Å²) in [4.78, 5) is 14.4. The minimum Gasteiger partial charge on any atom is -0.481 e. The first kappa shape index (κ1) is 11.0. The van der Waals surface area contributed by atoms with Crippen LogP contribution >= 0.6 is 11.6 Å². The standard InChI is InChI=1S/C10H12ClNO2/c11-8(4-3-6-10(13)14)9-5-1-2-7-12-9/h1-2,5,7-8H,3-4,6H2,(H,13,14). The fraction of sp³-hybridized carbons (Fsp3) is 0.400. The van der Waals surface area contributed by atoms with Gasteiger partial charge in [0.2, 0.25) is 0 Å². The fourth-order valence-corrected chi connectivity index (χ4v) is 1.43. The predicted molar refractivity (Wildman–Crippen MR) is 54.3 cm³/mol. The summed E-state index contributed by atoms with van der Waals surface area (Å²) in [6.07, 6.45) is 3.07. The smallest absolute Gasteiger partial charge is 0.303 e. The molecule has 76 valence electrons. The minimum absolute atomic E-state index is 0.163. The van der Waals surface area contributed by atoms with Gasteiger partial charge in [-0.15, -0.1) is 11.6 Å². The number of aliphatic carboxylic acids is 1. The highest BCUT2D eigenvalue weighted by Crippen LogP contribution is 2.23. The summed E-state index contributed by atoms with van der Waals surface area (Å²) in [6, 6.07) is 5.54.